The quantitative estimate of drug-likeness (QED) is 0.715. The summed E-state index contributed by atoms with van der Waals surface area (Å²) in [6, 6.07) is 2.75. The highest BCUT2D eigenvalue weighted by Crippen LogP contribution is 2.37. The predicted octanol–water partition coefficient (Wildman–Crippen LogP) is 4.15. The van der Waals surface area contributed by atoms with Gasteiger partial charge in [0, 0.05) is 5.25 Å². The summed E-state index contributed by atoms with van der Waals surface area (Å²) >= 11 is 14.7. The summed E-state index contributed by atoms with van der Waals surface area (Å²) in [5.74, 6) is 0.294. The molecule has 0 saturated carbocycles. The van der Waals surface area contributed by atoms with Crippen molar-refractivity contribution in [3.63, 3.8) is 0 Å². The molecule has 0 spiro atoms. The standard InChI is InChI=1S/C12H13Cl2N3O3S3/c1-6(2)21-12-16-15-11(22-12)17-23(18,19)8-5-4-7(20-3)9(13)10(8)14/h4-6H,1-3H3,(H,15,17). The second-order valence-electron chi connectivity index (χ2n) is 4.54. The van der Waals surface area contributed by atoms with E-state index in [1.165, 1.54) is 31.0 Å². The zero-order valence-corrected chi connectivity index (χ0v) is 16.3. The number of nitrogens with zero attached hydrogens (tertiary/aromatic N) is 2. The first-order valence-corrected chi connectivity index (χ1v) is 10.2. The number of hydrogen-bond acceptors (Lipinski definition) is 7. The molecule has 126 valence electrons. The third kappa shape index (κ3) is 4.42. The van der Waals surface area contributed by atoms with Crippen LogP contribution in [0.5, 0.6) is 5.75 Å². The molecule has 0 fully saturated rings. The monoisotopic (exact) mass is 413 g/mol. The number of thioether (sulfide) groups is 1. The summed E-state index contributed by atoms with van der Waals surface area (Å²) in [6.07, 6.45) is 0. The zero-order chi connectivity index (χ0) is 17.2. The molecule has 0 aliphatic rings. The lowest BCUT2D eigenvalue weighted by atomic mass is 10.3. The van der Waals surface area contributed by atoms with Gasteiger partial charge in [0.15, 0.2) is 4.34 Å². The number of halogens is 2. The fourth-order valence-electron chi connectivity index (χ4n) is 1.55. The molecule has 0 radical (unpaired) electrons. The molecule has 1 heterocycles. The van der Waals surface area contributed by atoms with Gasteiger partial charge in [-0.1, -0.05) is 60.1 Å². The molecule has 6 nitrogen and oxygen atoms in total. The fraction of sp³-hybridized carbons (Fsp3) is 0.333. The molecule has 1 N–H and O–H groups in total. The Labute approximate surface area is 152 Å². The van der Waals surface area contributed by atoms with E-state index in [4.69, 9.17) is 27.9 Å². The van der Waals surface area contributed by atoms with Crippen LogP contribution in [-0.4, -0.2) is 31.0 Å². The number of rotatable bonds is 6. The maximum absolute atomic E-state index is 12.4. The number of methoxy groups -OCH3 is 1. The predicted molar refractivity (Wildman–Crippen MR) is 94.7 cm³/mol. The van der Waals surface area contributed by atoms with E-state index in [9.17, 15) is 8.42 Å². The number of benzene rings is 1. The van der Waals surface area contributed by atoms with Crippen molar-refractivity contribution in [1.82, 2.24) is 10.2 Å². The minimum absolute atomic E-state index is 0.0327. The normalized spacial score (nSPS) is 11.7. The molecule has 0 aliphatic heterocycles. The first-order valence-electron chi connectivity index (χ1n) is 6.29. The SMILES string of the molecule is COc1ccc(S(=O)(=O)Nc2nnc(SC(C)C)s2)c(Cl)c1Cl. The molecule has 23 heavy (non-hydrogen) atoms. The number of sulfonamides is 1. The maximum atomic E-state index is 12.4. The minimum Gasteiger partial charge on any atom is -0.495 e. The Bertz CT molecular complexity index is 809. The van der Waals surface area contributed by atoms with Gasteiger partial charge in [-0.15, -0.1) is 10.2 Å². The van der Waals surface area contributed by atoms with E-state index >= 15 is 0 Å². The van der Waals surface area contributed by atoms with E-state index in [1.807, 2.05) is 13.8 Å². The zero-order valence-electron chi connectivity index (χ0n) is 12.3. The van der Waals surface area contributed by atoms with Crippen LogP contribution in [0.25, 0.3) is 0 Å². The summed E-state index contributed by atoms with van der Waals surface area (Å²) in [5.41, 5.74) is 0. The summed E-state index contributed by atoms with van der Waals surface area (Å²) in [6.45, 7) is 4.02. The molecule has 1 aromatic carbocycles. The molecule has 0 unspecified atom stereocenters. The van der Waals surface area contributed by atoms with Crippen molar-refractivity contribution < 1.29 is 13.2 Å². The van der Waals surface area contributed by atoms with E-state index in [0.29, 0.717) is 15.3 Å². The van der Waals surface area contributed by atoms with Crippen LogP contribution in [0.1, 0.15) is 13.8 Å². The number of anilines is 1. The van der Waals surface area contributed by atoms with Gasteiger partial charge in [0.05, 0.1) is 12.1 Å². The molecule has 2 rings (SSSR count). The van der Waals surface area contributed by atoms with Crippen LogP contribution in [0.15, 0.2) is 21.4 Å². The summed E-state index contributed by atoms with van der Waals surface area (Å²) in [7, 11) is -2.51. The smallest absolute Gasteiger partial charge is 0.265 e. The summed E-state index contributed by atoms with van der Waals surface area (Å²) in [5, 5.41) is 8.16. The fourth-order valence-corrected chi connectivity index (χ4v) is 5.60. The molecule has 11 heteroatoms. The van der Waals surface area contributed by atoms with E-state index in [2.05, 4.69) is 14.9 Å². The molecule has 0 atom stereocenters. The van der Waals surface area contributed by atoms with Crippen molar-refractivity contribution in [2.75, 3.05) is 11.8 Å². The van der Waals surface area contributed by atoms with E-state index in [0.717, 1.165) is 11.3 Å². The third-order valence-electron chi connectivity index (χ3n) is 2.49. The van der Waals surface area contributed by atoms with Crippen molar-refractivity contribution in [2.24, 2.45) is 0 Å². The summed E-state index contributed by atoms with van der Waals surface area (Å²) < 4.78 is 32.9. The molecule has 1 aromatic heterocycles. The van der Waals surface area contributed by atoms with Crippen LogP contribution in [0, 0.1) is 0 Å². The van der Waals surface area contributed by atoms with Gasteiger partial charge in [0.25, 0.3) is 10.0 Å². The lowest BCUT2D eigenvalue weighted by Gasteiger charge is -2.10. The van der Waals surface area contributed by atoms with Crippen LogP contribution >= 0.6 is 46.3 Å². The second-order valence-corrected chi connectivity index (χ2v) is 9.75. The van der Waals surface area contributed by atoms with Crippen LogP contribution in [0.3, 0.4) is 0 Å². The largest absolute Gasteiger partial charge is 0.495 e. The highest BCUT2D eigenvalue weighted by Gasteiger charge is 2.23. The Hall–Kier alpha value is -0.740. The lowest BCUT2D eigenvalue weighted by molar-refractivity contribution is 0.414. The molecule has 0 bridgehead atoms. The first-order chi connectivity index (χ1) is 10.7. The van der Waals surface area contributed by atoms with E-state index in [1.54, 1.807) is 0 Å². The Balaban J connectivity index is 2.29. The Morgan fingerprint density at radius 1 is 1.26 bits per heavy atom. The van der Waals surface area contributed by atoms with Crippen LogP contribution in [0.2, 0.25) is 10.0 Å². The summed E-state index contributed by atoms with van der Waals surface area (Å²) in [4.78, 5) is -0.154. The minimum atomic E-state index is -3.93. The average Bonchev–Trinajstić information content (AvgIpc) is 2.86. The van der Waals surface area contributed by atoms with Crippen molar-refractivity contribution >= 4 is 61.5 Å². The van der Waals surface area contributed by atoms with Gasteiger partial charge >= 0.3 is 0 Å². The number of ether oxygens (including phenoxy) is 1. The second kappa shape index (κ2) is 7.43. The Kier molecular flexibility index (Phi) is 6.01. The van der Waals surface area contributed by atoms with Gasteiger partial charge in [-0.2, -0.15) is 0 Å². The Morgan fingerprint density at radius 2 is 1.96 bits per heavy atom. The first kappa shape index (κ1) is 18.6. The molecule has 2 aromatic rings. The van der Waals surface area contributed by atoms with Gasteiger partial charge in [-0.05, 0) is 12.1 Å². The highest BCUT2D eigenvalue weighted by atomic mass is 35.5. The third-order valence-corrected chi connectivity index (χ3v) is 6.90. The maximum Gasteiger partial charge on any atom is 0.265 e. The van der Waals surface area contributed by atoms with Crippen LogP contribution < -0.4 is 9.46 Å². The van der Waals surface area contributed by atoms with Gasteiger partial charge < -0.3 is 4.74 Å². The number of aromatic nitrogens is 2. The molecular weight excluding hydrogens is 401 g/mol. The van der Waals surface area contributed by atoms with Gasteiger partial charge in [0.2, 0.25) is 5.13 Å². The molecular formula is C12H13Cl2N3O3S3. The van der Waals surface area contributed by atoms with Crippen LogP contribution in [0.4, 0.5) is 5.13 Å². The van der Waals surface area contributed by atoms with E-state index in [-0.39, 0.29) is 20.1 Å². The van der Waals surface area contributed by atoms with Gasteiger partial charge in [-0.25, -0.2) is 8.42 Å². The number of nitrogens with one attached hydrogen (secondary N) is 1. The van der Waals surface area contributed by atoms with Crippen LogP contribution in [-0.2, 0) is 10.0 Å². The van der Waals surface area contributed by atoms with Crippen molar-refractivity contribution in [3.8, 4) is 5.75 Å². The molecule has 0 aliphatic carbocycles. The lowest BCUT2D eigenvalue weighted by Crippen LogP contribution is -2.13. The Morgan fingerprint density at radius 3 is 2.57 bits per heavy atom. The van der Waals surface area contributed by atoms with Gasteiger partial charge in [-0.3, -0.25) is 4.72 Å². The average molecular weight is 414 g/mol. The molecule has 0 amide bonds. The molecule has 0 saturated heterocycles. The highest BCUT2D eigenvalue weighted by molar-refractivity contribution is 8.01. The van der Waals surface area contributed by atoms with E-state index < -0.39 is 10.0 Å². The van der Waals surface area contributed by atoms with Crippen molar-refractivity contribution in [1.29, 1.82) is 0 Å². The number of hydrogen-bond donors (Lipinski definition) is 1. The van der Waals surface area contributed by atoms with Crippen molar-refractivity contribution in [3.05, 3.63) is 22.2 Å². The topological polar surface area (TPSA) is 81.2 Å². The van der Waals surface area contributed by atoms with Crippen molar-refractivity contribution in [2.45, 2.75) is 28.3 Å². The van der Waals surface area contributed by atoms with Gasteiger partial charge in [0.1, 0.15) is 15.7 Å².